The van der Waals surface area contributed by atoms with Gasteiger partial charge in [-0.2, -0.15) is 0 Å². The van der Waals surface area contributed by atoms with Gasteiger partial charge in [0.15, 0.2) is 0 Å². The van der Waals surface area contributed by atoms with Gasteiger partial charge in [-0.1, -0.05) is 27.7 Å². The molecule has 2 nitrogen and oxygen atoms in total. The molecule has 88 valence electrons. The Labute approximate surface area is 94.4 Å². The molecule has 0 aromatic heterocycles. The zero-order valence-corrected chi connectivity index (χ0v) is 10.9. The second-order valence-electron chi connectivity index (χ2n) is 6.65. The minimum Gasteiger partial charge on any atom is -0.311 e. The van der Waals surface area contributed by atoms with Crippen LogP contribution in [0.1, 0.15) is 41.0 Å². The molecule has 1 saturated carbocycles. The zero-order valence-electron chi connectivity index (χ0n) is 10.9. The lowest BCUT2D eigenvalue weighted by Crippen LogP contribution is -2.60. The van der Waals surface area contributed by atoms with Gasteiger partial charge >= 0.3 is 0 Å². The lowest BCUT2D eigenvalue weighted by atomic mass is 9.84. The largest absolute Gasteiger partial charge is 0.311 e. The number of nitrogens with one attached hydrogen (secondary N) is 1. The van der Waals surface area contributed by atoms with E-state index >= 15 is 0 Å². The van der Waals surface area contributed by atoms with E-state index in [1.165, 1.54) is 13.0 Å². The van der Waals surface area contributed by atoms with Gasteiger partial charge in [-0.3, -0.25) is 4.90 Å². The molecule has 4 atom stereocenters. The van der Waals surface area contributed by atoms with Crippen molar-refractivity contribution in [2.45, 2.75) is 59.2 Å². The summed E-state index contributed by atoms with van der Waals surface area (Å²) in [5, 5.41) is 3.69. The maximum atomic E-state index is 3.69. The Morgan fingerprint density at radius 1 is 1.20 bits per heavy atom. The molecule has 2 rings (SSSR count). The summed E-state index contributed by atoms with van der Waals surface area (Å²) in [5.74, 6) is 0.936. The number of rotatable bonds is 1. The Balaban J connectivity index is 1.98. The van der Waals surface area contributed by atoms with Crippen molar-refractivity contribution in [3.8, 4) is 0 Å². The third-order valence-electron chi connectivity index (χ3n) is 4.16. The fourth-order valence-corrected chi connectivity index (χ4v) is 2.69. The Morgan fingerprint density at radius 3 is 2.27 bits per heavy atom. The highest BCUT2D eigenvalue weighted by molar-refractivity contribution is 5.00. The predicted octanol–water partition coefficient (Wildman–Crippen LogP) is 2.10. The molecule has 1 heterocycles. The SMILES string of the molecule is CC1CC1N1CC(C(C)(C)C)NCC1C. The van der Waals surface area contributed by atoms with Crippen LogP contribution in [-0.2, 0) is 0 Å². The van der Waals surface area contributed by atoms with Gasteiger partial charge in [0, 0.05) is 31.2 Å². The van der Waals surface area contributed by atoms with Gasteiger partial charge in [-0.25, -0.2) is 0 Å². The molecule has 0 spiro atoms. The highest BCUT2D eigenvalue weighted by Crippen LogP contribution is 2.38. The van der Waals surface area contributed by atoms with Gasteiger partial charge in [0.25, 0.3) is 0 Å². The summed E-state index contributed by atoms with van der Waals surface area (Å²) in [6.07, 6.45) is 1.42. The molecule has 1 N–H and O–H groups in total. The van der Waals surface area contributed by atoms with E-state index in [-0.39, 0.29) is 0 Å². The van der Waals surface area contributed by atoms with E-state index < -0.39 is 0 Å². The monoisotopic (exact) mass is 210 g/mol. The van der Waals surface area contributed by atoms with Crippen molar-refractivity contribution in [1.29, 1.82) is 0 Å². The van der Waals surface area contributed by atoms with Gasteiger partial charge in [-0.05, 0) is 24.7 Å². The van der Waals surface area contributed by atoms with Crippen LogP contribution < -0.4 is 5.32 Å². The van der Waals surface area contributed by atoms with E-state index in [0.717, 1.165) is 24.5 Å². The average Bonchev–Trinajstić information content (AvgIpc) is 2.81. The van der Waals surface area contributed by atoms with Crippen molar-refractivity contribution in [1.82, 2.24) is 10.2 Å². The fourth-order valence-electron chi connectivity index (χ4n) is 2.69. The van der Waals surface area contributed by atoms with Crippen molar-refractivity contribution in [2.75, 3.05) is 13.1 Å². The molecule has 2 heteroatoms. The first-order chi connectivity index (χ1) is 6.89. The summed E-state index contributed by atoms with van der Waals surface area (Å²) < 4.78 is 0. The lowest BCUT2D eigenvalue weighted by molar-refractivity contribution is 0.0836. The highest BCUT2D eigenvalue weighted by Gasteiger charge is 2.43. The number of piperazine rings is 1. The second kappa shape index (κ2) is 3.74. The summed E-state index contributed by atoms with van der Waals surface area (Å²) in [6.45, 7) is 14.2. The lowest BCUT2D eigenvalue weighted by Gasteiger charge is -2.44. The van der Waals surface area contributed by atoms with E-state index in [9.17, 15) is 0 Å². The summed E-state index contributed by atoms with van der Waals surface area (Å²) in [4.78, 5) is 2.73. The summed E-state index contributed by atoms with van der Waals surface area (Å²) in [5.41, 5.74) is 0.385. The van der Waals surface area contributed by atoms with Crippen LogP contribution in [0.3, 0.4) is 0 Å². The van der Waals surface area contributed by atoms with Crippen molar-refractivity contribution in [3.63, 3.8) is 0 Å². The third kappa shape index (κ3) is 2.36. The molecule has 15 heavy (non-hydrogen) atoms. The summed E-state index contributed by atoms with van der Waals surface area (Å²) in [7, 11) is 0. The second-order valence-corrected chi connectivity index (χ2v) is 6.65. The minimum absolute atomic E-state index is 0.385. The normalized spacial score (nSPS) is 43.0. The number of nitrogens with zero attached hydrogens (tertiary/aromatic N) is 1. The standard InChI is InChI=1S/C13H26N2/c1-9-6-11(9)15-8-12(13(3,4)5)14-7-10(15)2/h9-12,14H,6-8H2,1-5H3. The summed E-state index contributed by atoms with van der Waals surface area (Å²) >= 11 is 0. The molecule has 0 aromatic carbocycles. The van der Waals surface area contributed by atoms with Crippen LogP contribution in [0.25, 0.3) is 0 Å². The predicted molar refractivity (Wildman–Crippen MR) is 65.0 cm³/mol. The van der Waals surface area contributed by atoms with Crippen LogP contribution in [-0.4, -0.2) is 36.1 Å². The van der Waals surface area contributed by atoms with Crippen LogP contribution in [0.2, 0.25) is 0 Å². The van der Waals surface area contributed by atoms with Crippen LogP contribution in [0.4, 0.5) is 0 Å². The Morgan fingerprint density at radius 2 is 1.80 bits per heavy atom. The van der Waals surface area contributed by atoms with E-state index in [2.05, 4.69) is 44.8 Å². The van der Waals surface area contributed by atoms with Crippen molar-refractivity contribution < 1.29 is 0 Å². The van der Waals surface area contributed by atoms with E-state index in [1.54, 1.807) is 0 Å². The first-order valence-electron chi connectivity index (χ1n) is 6.38. The van der Waals surface area contributed by atoms with Gasteiger partial charge in [0.05, 0.1) is 0 Å². The zero-order chi connectivity index (χ0) is 11.2. The van der Waals surface area contributed by atoms with Crippen molar-refractivity contribution >= 4 is 0 Å². The molecular formula is C13H26N2. The molecule has 0 bridgehead atoms. The molecular weight excluding hydrogens is 184 g/mol. The fraction of sp³-hybridized carbons (Fsp3) is 1.00. The Hall–Kier alpha value is -0.0800. The molecule has 0 amide bonds. The van der Waals surface area contributed by atoms with Crippen LogP contribution in [0.5, 0.6) is 0 Å². The van der Waals surface area contributed by atoms with Gasteiger partial charge < -0.3 is 5.32 Å². The van der Waals surface area contributed by atoms with E-state index in [0.29, 0.717) is 11.5 Å². The minimum atomic E-state index is 0.385. The van der Waals surface area contributed by atoms with Crippen molar-refractivity contribution in [2.24, 2.45) is 11.3 Å². The first-order valence-corrected chi connectivity index (χ1v) is 6.38. The molecule has 1 saturated heterocycles. The van der Waals surface area contributed by atoms with Crippen molar-refractivity contribution in [3.05, 3.63) is 0 Å². The maximum absolute atomic E-state index is 3.69. The van der Waals surface area contributed by atoms with Gasteiger partial charge in [0.2, 0.25) is 0 Å². The summed E-state index contributed by atoms with van der Waals surface area (Å²) in [6, 6.07) is 2.26. The third-order valence-corrected chi connectivity index (χ3v) is 4.16. The van der Waals surface area contributed by atoms with Gasteiger partial charge in [-0.15, -0.1) is 0 Å². The number of hydrogen-bond donors (Lipinski definition) is 1. The van der Waals surface area contributed by atoms with Gasteiger partial charge in [0.1, 0.15) is 0 Å². The topological polar surface area (TPSA) is 15.3 Å². The Bertz CT molecular complexity index is 229. The molecule has 2 aliphatic rings. The molecule has 1 aliphatic heterocycles. The Kier molecular flexibility index (Phi) is 2.85. The van der Waals surface area contributed by atoms with E-state index in [1.807, 2.05) is 0 Å². The molecule has 1 aliphatic carbocycles. The first kappa shape index (κ1) is 11.4. The highest BCUT2D eigenvalue weighted by atomic mass is 15.3. The van der Waals surface area contributed by atoms with Crippen LogP contribution in [0, 0.1) is 11.3 Å². The molecule has 2 fully saturated rings. The molecule has 0 radical (unpaired) electrons. The number of hydrogen-bond acceptors (Lipinski definition) is 2. The smallest absolute Gasteiger partial charge is 0.0244 e. The average molecular weight is 210 g/mol. The maximum Gasteiger partial charge on any atom is 0.0244 e. The molecule has 4 unspecified atom stereocenters. The molecule has 0 aromatic rings. The van der Waals surface area contributed by atoms with Crippen LogP contribution in [0.15, 0.2) is 0 Å². The van der Waals surface area contributed by atoms with E-state index in [4.69, 9.17) is 0 Å². The quantitative estimate of drug-likeness (QED) is 0.713. The van der Waals surface area contributed by atoms with Crippen LogP contribution >= 0.6 is 0 Å².